The minimum absolute atomic E-state index is 0.155. The number of nitrogens with one attached hydrogen (secondary N) is 1. The Kier molecular flexibility index (Phi) is 3.75. The van der Waals surface area contributed by atoms with Gasteiger partial charge in [-0.2, -0.15) is 0 Å². The first-order valence-electron chi connectivity index (χ1n) is 5.48. The number of nitrogens with zero attached hydrogens (tertiary/aromatic N) is 1. The highest BCUT2D eigenvalue weighted by molar-refractivity contribution is 9.10. The van der Waals surface area contributed by atoms with Gasteiger partial charge in [0.05, 0.1) is 11.4 Å². The van der Waals surface area contributed by atoms with Gasteiger partial charge in [0.15, 0.2) is 0 Å². The summed E-state index contributed by atoms with van der Waals surface area (Å²) in [6.07, 6.45) is 0. The SMILES string of the molecule is Cc1cc(Br)ccc1N1CCNCCS1(=O)=O. The van der Waals surface area contributed by atoms with Crippen molar-refractivity contribution in [3.63, 3.8) is 0 Å². The summed E-state index contributed by atoms with van der Waals surface area (Å²) in [5.41, 5.74) is 1.74. The van der Waals surface area contributed by atoms with Crippen molar-refractivity contribution >= 4 is 31.6 Å². The molecule has 0 bridgehead atoms. The predicted octanol–water partition coefficient (Wildman–Crippen LogP) is 1.50. The first-order valence-corrected chi connectivity index (χ1v) is 7.88. The minimum Gasteiger partial charge on any atom is -0.314 e. The van der Waals surface area contributed by atoms with E-state index in [2.05, 4.69) is 21.2 Å². The van der Waals surface area contributed by atoms with E-state index in [4.69, 9.17) is 0 Å². The molecule has 17 heavy (non-hydrogen) atoms. The Morgan fingerprint density at radius 3 is 2.82 bits per heavy atom. The maximum atomic E-state index is 12.1. The predicted molar refractivity (Wildman–Crippen MR) is 72.9 cm³/mol. The van der Waals surface area contributed by atoms with Crippen LogP contribution in [0.3, 0.4) is 0 Å². The maximum absolute atomic E-state index is 12.1. The van der Waals surface area contributed by atoms with Crippen LogP contribution in [0.2, 0.25) is 0 Å². The van der Waals surface area contributed by atoms with Crippen LogP contribution in [0.5, 0.6) is 0 Å². The summed E-state index contributed by atoms with van der Waals surface area (Å²) in [6.45, 7) is 3.63. The molecule has 1 fully saturated rings. The molecule has 0 aliphatic carbocycles. The van der Waals surface area contributed by atoms with Crippen LogP contribution in [0.25, 0.3) is 0 Å². The lowest BCUT2D eigenvalue weighted by atomic mass is 10.2. The van der Waals surface area contributed by atoms with Gasteiger partial charge in [0, 0.05) is 24.1 Å². The van der Waals surface area contributed by atoms with Crippen molar-refractivity contribution in [1.29, 1.82) is 0 Å². The van der Waals surface area contributed by atoms with E-state index in [1.807, 2.05) is 25.1 Å². The Balaban J connectivity index is 2.43. The van der Waals surface area contributed by atoms with Gasteiger partial charge in [-0.3, -0.25) is 4.31 Å². The fourth-order valence-electron chi connectivity index (χ4n) is 1.93. The zero-order chi connectivity index (χ0) is 12.5. The van der Waals surface area contributed by atoms with E-state index in [-0.39, 0.29) is 5.75 Å². The molecule has 0 atom stereocenters. The molecule has 1 saturated heterocycles. The molecule has 4 nitrogen and oxygen atoms in total. The zero-order valence-corrected chi connectivity index (χ0v) is 12.0. The minimum atomic E-state index is -3.19. The van der Waals surface area contributed by atoms with Crippen molar-refractivity contribution in [3.05, 3.63) is 28.2 Å². The van der Waals surface area contributed by atoms with Crippen LogP contribution < -0.4 is 9.62 Å². The lowest BCUT2D eigenvalue weighted by molar-refractivity contribution is 0.593. The van der Waals surface area contributed by atoms with Crippen LogP contribution in [0, 0.1) is 6.92 Å². The summed E-state index contributed by atoms with van der Waals surface area (Å²) in [5.74, 6) is 0.155. The molecule has 0 radical (unpaired) electrons. The molecule has 0 unspecified atom stereocenters. The maximum Gasteiger partial charge on any atom is 0.236 e. The van der Waals surface area contributed by atoms with Gasteiger partial charge in [0.1, 0.15) is 0 Å². The van der Waals surface area contributed by atoms with E-state index >= 15 is 0 Å². The molecule has 1 aromatic carbocycles. The number of hydrogen-bond donors (Lipinski definition) is 1. The fourth-order valence-corrected chi connectivity index (χ4v) is 3.90. The zero-order valence-electron chi connectivity index (χ0n) is 9.61. The number of sulfonamides is 1. The molecule has 0 aromatic heterocycles. The van der Waals surface area contributed by atoms with Gasteiger partial charge in [0.2, 0.25) is 10.0 Å². The van der Waals surface area contributed by atoms with Crippen LogP contribution in [0.1, 0.15) is 5.56 Å². The number of benzene rings is 1. The lowest BCUT2D eigenvalue weighted by Gasteiger charge is -2.23. The monoisotopic (exact) mass is 318 g/mol. The van der Waals surface area contributed by atoms with Crippen molar-refractivity contribution in [1.82, 2.24) is 5.32 Å². The van der Waals surface area contributed by atoms with Gasteiger partial charge in [-0.1, -0.05) is 15.9 Å². The third kappa shape index (κ3) is 2.81. The molecular formula is C11H15BrN2O2S. The summed E-state index contributed by atoms with van der Waals surface area (Å²) in [4.78, 5) is 0. The molecule has 1 aliphatic heterocycles. The highest BCUT2D eigenvalue weighted by Crippen LogP contribution is 2.26. The molecule has 1 aromatic rings. The average molecular weight is 319 g/mol. The molecule has 0 amide bonds. The standard InChI is InChI=1S/C11H15BrN2O2S/c1-9-8-10(12)2-3-11(9)14-6-4-13-5-7-17(14,15)16/h2-3,8,13H,4-7H2,1H3. The largest absolute Gasteiger partial charge is 0.314 e. The fraction of sp³-hybridized carbons (Fsp3) is 0.455. The quantitative estimate of drug-likeness (QED) is 0.853. The highest BCUT2D eigenvalue weighted by Gasteiger charge is 2.25. The van der Waals surface area contributed by atoms with Crippen molar-refractivity contribution in [3.8, 4) is 0 Å². The first-order chi connectivity index (χ1) is 8.00. The van der Waals surface area contributed by atoms with Crippen LogP contribution >= 0.6 is 15.9 Å². The Morgan fingerprint density at radius 1 is 1.35 bits per heavy atom. The summed E-state index contributed by atoms with van der Waals surface area (Å²) in [7, 11) is -3.19. The first kappa shape index (κ1) is 12.9. The number of anilines is 1. The van der Waals surface area contributed by atoms with Crippen LogP contribution in [0.4, 0.5) is 5.69 Å². The topological polar surface area (TPSA) is 49.4 Å². The normalized spacial score (nSPS) is 20.0. The number of aryl methyl sites for hydroxylation is 1. The molecule has 6 heteroatoms. The molecule has 1 N–H and O–H groups in total. The van der Waals surface area contributed by atoms with E-state index in [0.717, 1.165) is 15.7 Å². The third-order valence-electron chi connectivity index (χ3n) is 2.79. The van der Waals surface area contributed by atoms with Crippen molar-refractivity contribution in [2.75, 3.05) is 29.7 Å². The average Bonchev–Trinajstić information content (AvgIpc) is 2.40. The molecule has 1 heterocycles. The number of rotatable bonds is 1. The Labute approximate surface area is 110 Å². The van der Waals surface area contributed by atoms with E-state index in [1.54, 1.807) is 0 Å². The molecule has 0 saturated carbocycles. The van der Waals surface area contributed by atoms with Crippen molar-refractivity contribution in [2.24, 2.45) is 0 Å². The Hall–Kier alpha value is -0.590. The molecule has 0 spiro atoms. The Bertz CT molecular complexity index is 516. The lowest BCUT2D eigenvalue weighted by Crippen LogP contribution is -2.34. The molecule has 94 valence electrons. The van der Waals surface area contributed by atoms with E-state index in [9.17, 15) is 8.42 Å². The van der Waals surface area contributed by atoms with Gasteiger partial charge in [-0.05, 0) is 30.7 Å². The molecular weight excluding hydrogens is 304 g/mol. The second-order valence-corrected chi connectivity index (χ2v) is 7.00. The summed E-state index contributed by atoms with van der Waals surface area (Å²) < 4.78 is 26.7. The van der Waals surface area contributed by atoms with E-state index in [1.165, 1.54) is 4.31 Å². The Morgan fingerprint density at radius 2 is 2.12 bits per heavy atom. The summed E-state index contributed by atoms with van der Waals surface area (Å²) in [5, 5.41) is 3.10. The van der Waals surface area contributed by atoms with Gasteiger partial charge < -0.3 is 5.32 Å². The van der Waals surface area contributed by atoms with Crippen LogP contribution in [-0.2, 0) is 10.0 Å². The number of hydrogen-bond acceptors (Lipinski definition) is 3. The highest BCUT2D eigenvalue weighted by atomic mass is 79.9. The molecule has 1 aliphatic rings. The summed E-state index contributed by atoms with van der Waals surface area (Å²) >= 11 is 3.38. The van der Waals surface area contributed by atoms with Gasteiger partial charge in [0.25, 0.3) is 0 Å². The van der Waals surface area contributed by atoms with Crippen LogP contribution in [0.15, 0.2) is 22.7 Å². The number of halogens is 1. The second kappa shape index (κ2) is 4.96. The van der Waals surface area contributed by atoms with Gasteiger partial charge in [-0.25, -0.2) is 8.42 Å². The van der Waals surface area contributed by atoms with Gasteiger partial charge in [-0.15, -0.1) is 0 Å². The van der Waals surface area contributed by atoms with E-state index < -0.39 is 10.0 Å². The van der Waals surface area contributed by atoms with Crippen LogP contribution in [-0.4, -0.2) is 33.8 Å². The van der Waals surface area contributed by atoms with Crippen molar-refractivity contribution < 1.29 is 8.42 Å². The summed E-state index contributed by atoms with van der Waals surface area (Å²) in [6, 6.07) is 5.65. The van der Waals surface area contributed by atoms with Gasteiger partial charge >= 0.3 is 0 Å². The van der Waals surface area contributed by atoms with E-state index in [0.29, 0.717) is 19.6 Å². The van der Waals surface area contributed by atoms with Crippen molar-refractivity contribution in [2.45, 2.75) is 6.92 Å². The smallest absolute Gasteiger partial charge is 0.236 e. The second-order valence-electron chi connectivity index (χ2n) is 4.07. The third-order valence-corrected chi connectivity index (χ3v) is 5.06. The molecule has 2 rings (SSSR count).